The fourth-order valence-electron chi connectivity index (χ4n) is 3.48. The largest absolute Gasteiger partial charge is 0.451 e. The van der Waals surface area contributed by atoms with Crippen LogP contribution in [-0.2, 0) is 23.9 Å². The van der Waals surface area contributed by atoms with Crippen molar-refractivity contribution < 1.29 is 32.7 Å². The highest BCUT2D eigenvalue weighted by atomic mass is 19.1. The minimum Gasteiger partial charge on any atom is -0.451 e. The van der Waals surface area contributed by atoms with Crippen LogP contribution < -0.4 is 5.32 Å². The third-order valence-corrected chi connectivity index (χ3v) is 5.14. The molecule has 0 saturated carbocycles. The molecular formula is C20H20F2N2O5. The highest BCUT2D eigenvalue weighted by Gasteiger charge is 2.50. The van der Waals surface area contributed by atoms with Gasteiger partial charge in [-0.1, -0.05) is 18.2 Å². The van der Waals surface area contributed by atoms with Crippen molar-refractivity contribution in [2.75, 3.05) is 5.32 Å². The van der Waals surface area contributed by atoms with Gasteiger partial charge in [0.15, 0.2) is 6.10 Å². The predicted octanol–water partition coefficient (Wildman–Crippen LogP) is 2.17. The molecule has 1 saturated heterocycles. The number of nitrogens with zero attached hydrogens (tertiary/aromatic N) is 1. The molecule has 0 aromatic heterocycles. The molecule has 0 bridgehead atoms. The summed E-state index contributed by atoms with van der Waals surface area (Å²) in [5, 5.41) is 2.03. The number of hydrogen-bond donors (Lipinski definition) is 1. The van der Waals surface area contributed by atoms with Gasteiger partial charge in [-0.25, -0.2) is 13.6 Å². The summed E-state index contributed by atoms with van der Waals surface area (Å²) in [6, 6.07) is 1.86. The number of fused-ring (bicyclic) bond motifs is 1. The fourth-order valence-corrected chi connectivity index (χ4v) is 3.48. The summed E-state index contributed by atoms with van der Waals surface area (Å²) in [6.07, 6.45) is 3.11. The molecule has 7 nitrogen and oxygen atoms in total. The fraction of sp³-hybridized carbons (Fsp3) is 0.400. The molecule has 1 fully saturated rings. The maximum absolute atomic E-state index is 13.7. The van der Waals surface area contributed by atoms with Crippen LogP contribution in [0.25, 0.3) is 0 Å². The lowest BCUT2D eigenvalue weighted by atomic mass is 9.85. The van der Waals surface area contributed by atoms with Crippen molar-refractivity contribution >= 4 is 29.4 Å². The van der Waals surface area contributed by atoms with Crippen LogP contribution in [0.2, 0.25) is 0 Å². The number of likely N-dealkylation sites (tertiary alicyclic amines) is 1. The number of esters is 1. The third kappa shape index (κ3) is 3.90. The number of allylic oxidation sites excluding steroid dienone is 2. The smallest absolute Gasteiger partial charge is 0.329 e. The van der Waals surface area contributed by atoms with Gasteiger partial charge in [0.05, 0.1) is 11.8 Å². The number of ether oxygens (including phenoxy) is 1. The van der Waals surface area contributed by atoms with Gasteiger partial charge < -0.3 is 10.1 Å². The average Bonchev–Trinajstić information content (AvgIpc) is 2.95. The lowest BCUT2D eigenvalue weighted by Crippen LogP contribution is -2.46. The van der Waals surface area contributed by atoms with Crippen molar-refractivity contribution in [3.05, 3.63) is 42.0 Å². The lowest BCUT2D eigenvalue weighted by molar-refractivity contribution is -0.163. The van der Waals surface area contributed by atoms with Gasteiger partial charge in [0.2, 0.25) is 11.8 Å². The molecule has 1 aromatic rings. The molecule has 1 aliphatic heterocycles. The molecule has 29 heavy (non-hydrogen) atoms. The number of amides is 3. The first-order valence-corrected chi connectivity index (χ1v) is 9.19. The van der Waals surface area contributed by atoms with Gasteiger partial charge in [0.25, 0.3) is 5.91 Å². The summed E-state index contributed by atoms with van der Waals surface area (Å²) in [5.74, 6) is -5.75. The molecular weight excluding hydrogens is 386 g/mol. The molecule has 1 heterocycles. The second kappa shape index (κ2) is 8.10. The summed E-state index contributed by atoms with van der Waals surface area (Å²) in [4.78, 5) is 50.5. The Morgan fingerprint density at radius 2 is 1.59 bits per heavy atom. The molecule has 3 amide bonds. The Bertz CT molecular complexity index is 855. The number of hydrogen-bond acceptors (Lipinski definition) is 5. The molecule has 0 radical (unpaired) electrons. The van der Waals surface area contributed by atoms with Crippen molar-refractivity contribution in [2.45, 2.75) is 38.8 Å². The molecule has 1 N–H and O–H groups in total. The van der Waals surface area contributed by atoms with Crippen molar-refractivity contribution in [3.63, 3.8) is 0 Å². The Labute approximate surface area is 165 Å². The van der Waals surface area contributed by atoms with Gasteiger partial charge in [-0.2, -0.15) is 0 Å². The number of imide groups is 1. The van der Waals surface area contributed by atoms with E-state index < -0.39 is 65.0 Å². The normalized spacial score (nSPS) is 22.8. The monoisotopic (exact) mass is 406 g/mol. The molecule has 0 unspecified atom stereocenters. The quantitative estimate of drug-likeness (QED) is 0.460. The molecule has 1 aliphatic carbocycles. The second-order valence-corrected chi connectivity index (χ2v) is 7.04. The number of nitrogens with one attached hydrogen (secondary N) is 1. The summed E-state index contributed by atoms with van der Waals surface area (Å²) in [7, 11) is 0. The van der Waals surface area contributed by atoms with E-state index in [0.717, 1.165) is 23.1 Å². The van der Waals surface area contributed by atoms with E-state index in [9.17, 15) is 28.0 Å². The summed E-state index contributed by atoms with van der Waals surface area (Å²) in [5.41, 5.74) is -0.657. The van der Waals surface area contributed by atoms with Crippen LogP contribution in [0.15, 0.2) is 30.4 Å². The van der Waals surface area contributed by atoms with Crippen LogP contribution in [0, 0.1) is 23.5 Å². The molecule has 1 aromatic carbocycles. The summed E-state index contributed by atoms with van der Waals surface area (Å²) < 4.78 is 32.3. The van der Waals surface area contributed by atoms with Crippen molar-refractivity contribution in [2.24, 2.45) is 11.8 Å². The third-order valence-electron chi connectivity index (χ3n) is 5.14. The number of rotatable bonds is 5. The zero-order chi connectivity index (χ0) is 21.3. The van der Waals surface area contributed by atoms with E-state index in [-0.39, 0.29) is 0 Å². The lowest BCUT2D eigenvalue weighted by Gasteiger charge is -2.23. The van der Waals surface area contributed by atoms with Gasteiger partial charge in [-0.05, 0) is 38.8 Å². The molecule has 154 valence electrons. The van der Waals surface area contributed by atoms with Crippen LogP contribution in [0.4, 0.5) is 14.5 Å². The summed E-state index contributed by atoms with van der Waals surface area (Å²) in [6.45, 7) is 2.56. The molecule has 9 heteroatoms. The van der Waals surface area contributed by atoms with Crippen molar-refractivity contribution in [1.82, 2.24) is 4.90 Å². The van der Waals surface area contributed by atoms with E-state index >= 15 is 0 Å². The van der Waals surface area contributed by atoms with Crippen molar-refractivity contribution in [1.29, 1.82) is 0 Å². The minimum absolute atomic E-state index is 0.431. The number of halogens is 2. The van der Waals surface area contributed by atoms with Crippen LogP contribution >= 0.6 is 0 Å². The zero-order valence-electron chi connectivity index (χ0n) is 15.9. The van der Waals surface area contributed by atoms with E-state index in [1.54, 1.807) is 0 Å². The van der Waals surface area contributed by atoms with E-state index in [1.165, 1.54) is 13.8 Å². The Hall–Kier alpha value is -3.10. The van der Waals surface area contributed by atoms with E-state index in [2.05, 4.69) is 0 Å². The Balaban J connectivity index is 1.64. The molecule has 2 aliphatic rings. The number of benzene rings is 1. The summed E-state index contributed by atoms with van der Waals surface area (Å²) >= 11 is 0. The second-order valence-electron chi connectivity index (χ2n) is 7.04. The average molecular weight is 406 g/mol. The Kier molecular flexibility index (Phi) is 5.76. The number of carbonyl (C=O) groups is 4. The van der Waals surface area contributed by atoms with E-state index in [0.29, 0.717) is 12.8 Å². The molecule has 3 rings (SSSR count). The van der Waals surface area contributed by atoms with Crippen LogP contribution in [0.5, 0.6) is 0 Å². The Morgan fingerprint density at radius 3 is 2.10 bits per heavy atom. The first-order valence-electron chi connectivity index (χ1n) is 9.19. The SMILES string of the molecule is C[C@H](OC(=O)[C@H](C)N1C(=O)[C@H]2CC=CC[C@@H]2C1=O)C(=O)Nc1c(F)cccc1F. The maximum Gasteiger partial charge on any atom is 0.329 e. The number of para-hydroxylation sites is 1. The van der Waals surface area contributed by atoms with Gasteiger partial charge in [-0.15, -0.1) is 0 Å². The van der Waals surface area contributed by atoms with Gasteiger partial charge in [0.1, 0.15) is 23.4 Å². The van der Waals surface area contributed by atoms with Gasteiger partial charge in [0, 0.05) is 0 Å². The van der Waals surface area contributed by atoms with Crippen molar-refractivity contribution in [3.8, 4) is 0 Å². The van der Waals surface area contributed by atoms with Gasteiger partial charge >= 0.3 is 5.97 Å². The highest BCUT2D eigenvalue weighted by Crippen LogP contribution is 2.36. The topological polar surface area (TPSA) is 92.8 Å². The van der Waals surface area contributed by atoms with E-state index in [4.69, 9.17) is 4.74 Å². The first-order chi connectivity index (χ1) is 13.7. The van der Waals surface area contributed by atoms with Crippen LogP contribution in [0.1, 0.15) is 26.7 Å². The number of carbonyl (C=O) groups excluding carboxylic acids is 4. The van der Waals surface area contributed by atoms with Gasteiger partial charge in [-0.3, -0.25) is 19.3 Å². The standard InChI is InChI=1S/C20H20F2N2O5/c1-10(24-18(26)12-6-3-4-7-13(12)19(24)27)20(28)29-11(2)17(25)23-16-14(21)8-5-9-15(16)22/h3-5,8-13H,6-7H2,1-2H3,(H,23,25)/t10-,11-,12-,13-/m0/s1. The minimum atomic E-state index is -1.40. The van der Waals surface area contributed by atoms with E-state index in [1.807, 2.05) is 17.5 Å². The maximum atomic E-state index is 13.7. The predicted molar refractivity (Wildman–Crippen MR) is 97.2 cm³/mol. The van der Waals surface area contributed by atoms with Crippen LogP contribution in [0.3, 0.4) is 0 Å². The number of anilines is 1. The zero-order valence-corrected chi connectivity index (χ0v) is 15.9. The molecule has 0 spiro atoms. The Morgan fingerprint density at radius 1 is 1.07 bits per heavy atom. The molecule has 4 atom stereocenters. The van der Waals surface area contributed by atoms with Crippen LogP contribution in [-0.4, -0.2) is 40.7 Å². The first kappa shape index (κ1) is 20.6. The highest BCUT2D eigenvalue weighted by molar-refractivity contribution is 6.08.